The number of nitrogens with one attached hydrogen (secondary N) is 1. The Hall–Kier alpha value is -1.39. The molecule has 0 fully saturated rings. The highest BCUT2D eigenvalue weighted by Gasteiger charge is 2.28. The van der Waals surface area contributed by atoms with E-state index in [2.05, 4.69) is 24.4 Å². The fourth-order valence-corrected chi connectivity index (χ4v) is 2.66. The van der Waals surface area contributed by atoms with Crippen molar-refractivity contribution < 1.29 is 9.53 Å². The van der Waals surface area contributed by atoms with Crippen molar-refractivity contribution in [2.45, 2.75) is 31.8 Å². The summed E-state index contributed by atoms with van der Waals surface area (Å²) >= 11 is 0. The van der Waals surface area contributed by atoms with Crippen LogP contribution in [0.4, 0.5) is 0 Å². The summed E-state index contributed by atoms with van der Waals surface area (Å²) in [6.45, 7) is 2.41. The molecular formula is C15H22N2O2. The predicted molar refractivity (Wildman–Crippen MR) is 74.7 cm³/mol. The lowest BCUT2D eigenvalue weighted by Crippen LogP contribution is -2.46. The molecule has 1 aliphatic carbocycles. The van der Waals surface area contributed by atoms with E-state index in [1.54, 1.807) is 7.11 Å². The van der Waals surface area contributed by atoms with Crippen LogP contribution in [-0.4, -0.2) is 25.7 Å². The van der Waals surface area contributed by atoms with Crippen molar-refractivity contribution in [2.75, 3.05) is 13.7 Å². The molecule has 1 amide bonds. The fraction of sp³-hybridized carbons (Fsp3) is 0.533. The van der Waals surface area contributed by atoms with Gasteiger partial charge in [-0.3, -0.25) is 4.79 Å². The highest BCUT2D eigenvalue weighted by molar-refractivity contribution is 5.82. The average molecular weight is 262 g/mol. The zero-order valence-corrected chi connectivity index (χ0v) is 11.6. The fourth-order valence-electron chi connectivity index (χ4n) is 2.66. The Bertz CT molecular complexity index is 448. The van der Waals surface area contributed by atoms with Crippen LogP contribution in [0.5, 0.6) is 0 Å². The lowest BCUT2D eigenvalue weighted by atomic mass is 9.80. The summed E-state index contributed by atoms with van der Waals surface area (Å²) in [6.07, 6.45) is 2.16. The van der Waals surface area contributed by atoms with E-state index in [0.717, 1.165) is 12.8 Å². The Balaban J connectivity index is 2.13. The van der Waals surface area contributed by atoms with E-state index >= 15 is 0 Å². The second-order valence-corrected chi connectivity index (χ2v) is 5.26. The molecule has 1 aliphatic rings. The van der Waals surface area contributed by atoms with E-state index in [4.69, 9.17) is 10.5 Å². The van der Waals surface area contributed by atoms with E-state index in [-0.39, 0.29) is 18.6 Å². The quantitative estimate of drug-likeness (QED) is 0.862. The third kappa shape index (κ3) is 3.14. The Kier molecular flexibility index (Phi) is 4.56. The number of amides is 1. The molecule has 4 nitrogen and oxygen atoms in total. The van der Waals surface area contributed by atoms with Crippen LogP contribution in [-0.2, 0) is 16.0 Å². The van der Waals surface area contributed by atoms with Gasteiger partial charge >= 0.3 is 0 Å². The molecule has 1 aromatic carbocycles. The van der Waals surface area contributed by atoms with Crippen LogP contribution in [0.2, 0.25) is 0 Å². The molecule has 0 saturated heterocycles. The van der Waals surface area contributed by atoms with Crippen LogP contribution in [0.15, 0.2) is 24.3 Å². The van der Waals surface area contributed by atoms with Gasteiger partial charge < -0.3 is 15.8 Å². The van der Waals surface area contributed by atoms with Gasteiger partial charge in [0, 0.05) is 7.11 Å². The second-order valence-electron chi connectivity index (χ2n) is 5.26. The first-order chi connectivity index (χ1) is 9.13. The zero-order valence-electron chi connectivity index (χ0n) is 11.6. The van der Waals surface area contributed by atoms with Crippen LogP contribution in [0.1, 0.15) is 30.5 Å². The summed E-state index contributed by atoms with van der Waals surface area (Å²) in [6, 6.07) is 7.74. The first kappa shape index (κ1) is 14.0. The van der Waals surface area contributed by atoms with Crippen LogP contribution < -0.4 is 11.1 Å². The predicted octanol–water partition coefficient (Wildman–Crippen LogP) is 1.40. The van der Waals surface area contributed by atoms with Crippen LogP contribution in [0, 0.1) is 5.92 Å². The number of methoxy groups -OCH3 is 1. The van der Waals surface area contributed by atoms with Crippen molar-refractivity contribution in [1.29, 1.82) is 0 Å². The number of carbonyl (C=O) groups excluding carboxylic acids is 1. The lowest BCUT2D eigenvalue weighted by molar-refractivity contribution is -0.124. The highest BCUT2D eigenvalue weighted by Crippen LogP contribution is 2.33. The number of hydrogen-bond acceptors (Lipinski definition) is 3. The standard InChI is InChI=1S/C15H22N2O2/c1-10-7-8-11-5-3-4-6-12(11)14(10)17-15(18)13(16)9-19-2/h3-6,10,13-14H,7-9,16H2,1-2H3,(H,17,18). The summed E-state index contributed by atoms with van der Waals surface area (Å²) in [5.74, 6) is 0.281. The maximum atomic E-state index is 12.0. The summed E-state index contributed by atoms with van der Waals surface area (Å²) < 4.78 is 4.92. The first-order valence-electron chi connectivity index (χ1n) is 6.76. The number of benzene rings is 1. The normalized spacial score (nSPS) is 23.5. The van der Waals surface area contributed by atoms with Gasteiger partial charge in [-0.25, -0.2) is 0 Å². The maximum absolute atomic E-state index is 12.0. The Morgan fingerprint density at radius 2 is 2.26 bits per heavy atom. The van der Waals surface area contributed by atoms with Gasteiger partial charge in [-0.05, 0) is 29.9 Å². The maximum Gasteiger partial charge on any atom is 0.239 e. The van der Waals surface area contributed by atoms with Gasteiger partial charge in [0.05, 0.1) is 12.6 Å². The molecule has 3 N–H and O–H groups in total. The topological polar surface area (TPSA) is 64.3 Å². The van der Waals surface area contributed by atoms with Crippen molar-refractivity contribution in [3.8, 4) is 0 Å². The van der Waals surface area contributed by atoms with Crippen molar-refractivity contribution in [3.63, 3.8) is 0 Å². The van der Waals surface area contributed by atoms with E-state index in [1.807, 2.05) is 12.1 Å². The van der Waals surface area contributed by atoms with Gasteiger partial charge in [-0.1, -0.05) is 31.2 Å². The molecule has 3 atom stereocenters. The number of ether oxygens (including phenoxy) is 1. The molecule has 104 valence electrons. The molecule has 2 rings (SSSR count). The molecule has 0 saturated carbocycles. The van der Waals surface area contributed by atoms with Gasteiger partial charge in [-0.2, -0.15) is 0 Å². The third-order valence-corrected chi connectivity index (χ3v) is 3.81. The average Bonchev–Trinajstić information content (AvgIpc) is 2.42. The lowest BCUT2D eigenvalue weighted by Gasteiger charge is -2.32. The van der Waals surface area contributed by atoms with Crippen molar-refractivity contribution >= 4 is 5.91 Å². The number of carbonyl (C=O) groups is 1. The van der Waals surface area contributed by atoms with Gasteiger partial charge in [0.1, 0.15) is 6.04 Å². The van der Waals surface area contributed by atoms with Crippen molar-refractivity contribution in [3.05, 3.63) is 35.4 Å². The minimum Gasteiger partial charge on any atom is -0.383 e. The number of hydrogen-bond donors (Lipinski definition) is 2. The number of fused-ring (bicyclic) bond motifs is 1. The SMILES string of the molecule is COCC(N)C(=O)NC1c2ccccc2CCC1C. The number of aryl methyl sites for hydroxylation is 1. The van der Waals surface area contributed by atoms with Crippen LogP contribution in [0.25, 0.3) is 0 Å². The van der Waals surface area contributed by atoms with Gasteiger partial charge in [0.2, 0.25) is 5.91 Å². The molecular weight excluding hydrogens is 240 g/mol. The highest BCUT2D eigenvalue weighted by atomic mass is 16.5. The molecule has 0 spiro atoms. The Morgan fingerprint density at radius 1 is 1.53 bits per heavy atom. The Labute approximate surface area is 114 Å². The first-order valence-corrected chi connectivity index (χ1v) is 6.76. The summed E-state index contributed by atoms with van der Waals surface area (Å²) in [7, 11) is 1.55. The van der Waals surface area contributed by atoms with E-state index < -0.39 is 6.04 Å². The van der Waals surface area contributed by atoms with Gasteiger partial charge in [0.25, 0.3) is 0 Å². The largest absolute Gasteiger partial charge is 0.383 e. The van der Waals surface area contributed by atoms with E-state index in [9.17, 15) is 4.79 Å². The van der Waals surface area contributed by atoms with Crippen molar-refractivity contribution in [1.82, 2.24) is 5.32 Å². The molecule has 0 heterocycles. The molecule has 0 aromatic heterocycles. The van der Waals surface area contributed by atoms with Crippen molar-refractivity contribution in [2.24, 2.45) is 11.7 Å². The second kappa shape index (κ2) is 6.17. The van der Waals surface area contributed by atoms with Crippen LogP contribution >= 0.6 is 0 Å². The molecule has 3 unspecified atom stereocenters. The number of rotatable bonds is 4. The molecule has 0 bridgehead atoms. The molecule has 0 aliphatic heterocycles. The summed E-state index contributed by atoms with van der Waals surface area (Å²) in [5.41, 5.74) is 8.32. The van der Waals surface area contributed by atoms with Gasteiger partial charge in [0.15, 0.2) is 0 Å². The molecule has 0 radical (unpaired) electrons. The molecule has 19 heavy (non-hydrogen) atoms. The van der Waals surface area contributed by atoms with E-state index in [1.165, 1.54) is 11.1 Å². The minimum atomic E-state index is -0.605. The molecule has 4 heteroatoms. The third-order valence-electron chi connectivity index (χ3n) is 3.81. The summed E-state index contributed by atoms with van der Waals surface area (Å²) in [4.78, 5) is 12.0. The van der Waals surface area contributed by atoms with E-state index in [0.29, 0.717) is 5.92 Å². The molecule has 1 aromatic rings. The monoisotopic (exact) mass is 262 g/mol. The number of nitrogens with two attached hydrogens (primary N) is 1. The van der Waals surface area contributed by atoms with Gasteiger partial charge in [-0.15, -0.1) is 0 Å². The Morgan fingerprint density at radius 3 is 3.00 bits per heavy atom. The smallest absolute Gasteiger partial charge is 0.239 e. The zero-order chi connectivity index (χ0) is 13.8. The summed E-state index contributed by atoms with van der Waals surface area (Å²) in [5, 5.41) is 3.07. The minimum absolute atomic E-state index is 0.0559. The van der Waals surface area contributed by atoms with Crippen LogP contribution in [0.3, 0.4) is 0 Å².